The van der Waals surface area contributed by atoms with Gasteiger partial charge in [0, 0.05) is 6.42 Å². The summed E-state index contributed by atoms with van der Waals surface area (Å²) in [5.41, 5.74) is 0.766. The van der Waals surface area contributed by atoms with E-state index < -0.39 is 5.97 Å². The maximum atomic E-state index is 12.1. The van der Waals surface area contributed by atoms with Gasteiger partial charge in [-0.2, -0.15) is 0 Å². The topological polar surface area (TPSA) is 64.6 Å². The molecule has 21 heavy (non-hydrogen) atoms. The van der Waals surface area contributed by atoms with Crippen LogP contribution in [-0.4, -0.2) is 26.1 Å². The summed E-state index contributed by atoms with van der Waals surface area (Å²) in [7, 11) is 2.83. The first-order valence-corrected chi connectivity index (χ1v) is 7.20. The zero-order valence-corrected chi connectivity index (χ0v) is 12.5. The molecular weight excluding hydrogens is 270 g/mol. The van der Waals surface area contributed by atoms with Crippen molar-refractivity contribution in [1.29, 1.82) is 0 Å². The number of esters is 1. The summed E-state index contributed by atoms with van der Waals surface area (Å²) in [6.07, 6.45) is 5.13. The summed E-state index contributed by atoms with van der Waals surface area (Å²) < 4.78 is 9.84. The van der Waals surface area contributed by atoms with Gasteiger partial charge in [0.15, 0.2) is 0 Å². The van der Waals surface area contributed by atoms with E-state index in [0.29, 0.717) is 29.3 Å². The highest BCUT2D eigenvalue weighted by Gasteiger charge is 2.20. The lowest BCUT2D eigenvalue weighted by molar-refractivity contribution is -0.117. The van der Waals surface area contributed by atoms with Crippen LogP contribution in [0.1, 0.15) is 42.5 Å². The Kier molecular flexibility index (Phi) is 5.20. The third kappa shape index (κ3) is 3.97. The lowest BCUT2D eigenvalue weighted by Gasteiger charge is -2.13. The van der Waals surface area contributed by atoms with Crippen molar-refractivity contribution >= 4 is 17.6 Å². The first-order chi connectivity index (χ1) is 10.1. The fourth-order valence-electron chi connectivity index (χ4n) is 2.72. The standard InChI is InChI=1S/C16H21NO4/c1-20-12-7-8-14(13(10-12)16(19)21-2)17-15(18)9-11-5-3-4-6-11/h7-8,10-11H,3-6,9H2,1-2H3,(H,17,18). The third-order valence-electron chi connectivity index (χ3n) is 3.85. The second kappa shape index (κ2) is 7.11. The monoisotopic (exact) mass is 291 g/mol. The highest BCUT2D eigenvalue weighted by Crippen LogP contribution is 2.28. The number of hydrogen-bond acceptors (Lipinski definition) is 4. The molecule has 1 amide bonds. The summed E-state index contributed by atoms with van der Waals surface area (Å²) in [6, 6.07) is 4.94. The SMILES string of the molecule is COC(=O)c1cc(OC)ccc1NC(=O)CC1CCCC1. The van der Waals surface area contributed by atoms with Crippen molar-refractivity contribution in [2.24, 2.45) is 5.92 Å². The van der Waals surface area contributed by atoms with Crippen LogP contribution in [0, 0.1) is 5.92 Å². The van der Waals surface area contributed by atoms with Gasteiger partial charge in [0.25, 0.3) is 0 Å². The Balaban J connectivity index is 2.10. The summed E-state index contributed by atoms with van der Waals surface area (Å²) in [6.45, 7) is 0. The second-order valence-corrected chi connectivity index (χ2v) is 5.31. The van der Waals surface area contributed by atoms with Crippen LogP contribution in [0.25, 0.3) is 0 Å². The zero-order valence-electron chi connectivity index (χ0n) is 12.5. The van der Waals surface area contributed by atoms with Gasteiger partial charge in [-0.25, -0.2) is 4.79 Å². The van der Waals surface area contributed by atoms with Crippen LogP contribution in [-0.2, 0) is 9.53 Å². The normalized spacial score (nSPS) is 14.8. The number of methoxy groups -OCH3 is 2. The van der Waals surface area contributed by atoms with Crippen LogP contribution in [0.3, 0.4) is 0 Å². The molecule has 114 valence electrons. The Labute approximate surface area is 124 Å². The molecule has 1 aromatic carbocycles. The van der Waals surface area contributed by atoms with Gasteiger partial charge in [-0.1, -0.05) is 12.8 Å². The average Bonchev–Trinajstić information content (AvgIpc) is 2.99. The molecule has 1 aromatic rings. The Bertz CT molecular complexity index is 521. The molecule has 1 aliphatic carbocycles. The van der Waals surface area contributed by atoms with Gasteiger partial charge >= 0.3 is 5.97 Å². The van der Waals surface area contributed by atoms with E-state index in [4.69, 9.17) is 9.47 Å². The molecule has 1 saturated carbocycles. The molecule has 0 spiro atoms. The number of nitrogens with one attached hydrogen (secondary N) is 1. The quantitative estimate of drug-likeness (QED) is 0.847. The molecule has 5 nitrogen and oxygen atoms in total. The smallest absolute Gasteiger partial charge is 0.340 e. The minimum atomic E-state index is -0.495. The van der Waals surface area contributed by atoms with Crippen LogP contribution in [0.15, 0.2) is 18.2 Å². The van der Waals surface area contributed by atoms with Crippen LogP contribution in [0.5, 0.6) is 5.75 Å². The second-order valence-electron chi connectivity index (χ2n) is 5.31. The number of carbonyl (C=O) groups excluding carboxylic acids is 2. The van der Waals surface area contributed by atoms with Crippen molar-refractivity contribution in [3.8, 4) is 5.75 Å². The number of anilines is 1. The Morgan fingerprint density at radius 3 is 2.57 bits per heavy atom. The number of amides is 1. The molecule has 0 atom stereocenters. The first kappa shape index (κ1) is 15.4. The number of ether oxygens (including phenoxy) is 2. The molecule has 0 heterocycles. The number of hydrogen-bond donors (Lipinski definition) is 1. The van der Waals surface area contributed by atoms with E-state index in [0.717, 1.165) is 12.8 Å². The van der Waals surface area contributed by atoms with Crippen molar-refractivity contribution in [2.45, 2.75) is 32.1 Å². The van der Waals surface area contributed by atoms with E-state index in [1.807, 2.05) is 0 Å². The van der Waals surface area contributed by atoms with Crippen molar-refractivity contribution < 1.29 is 19.1 Å². The summed E-state index contributed by atoms with van der Waals surface area (Å²) in [4.78, 5) is 23.9. The van der Waals surface area contributed by atoms with Gasteiger partial charge in [0.1, 0.15) is 5.75 Å². The molecule has 1 N–H and O–H groups in total. The number of benzene rings is 1. The van der Waals surface area contributed by atoms with Crippen molar-refractivity contribution in [3.05, 3.63) is 23.8 Å². The van der Waals surface area contributed by atoms with Gasteiger partial charge in [0.05, 0.1) is 25.5 Å². The number of rotatable bonds is 5. The van der Waals surface area contributed by atoms with Gasteiger partial charge in [-0.05, 0) is 37.0 Å². The number of carbonyl (C=O) groups is 2. The molecule has 0 aromatic heterocycles. The molecule has 0 aliphatic heterocycles. The van der Waals surface area contributed by atoms with E-state index in [2.05, 4.69) is 5.32 Å². The molecule has 0 saturated heterocycles. The molecule has 2 rings (SSSR count). The van der Waals surface area contributed by atoms with Crippen molar-refractivity contribution in [3.63, 3.8) is 0 Å². The lowest BCUT2D eigenvalue weighted by Crippen LogP contribution is -2.17. The lowest BCUT2D eigenvalue weighted by atomic mass is 10.0. The minimum absolute atomic E-state index is 0.0581. The van der Waals surface area contributed by atoms with Crippen molar-refractivity contribution in [2.75, 3.05) is 19.5 Å². The molecule has 0 bridgehead atoms. The van der Waals surface area contributed by atoms with Crippen LogP contribution < -0.4 is 10.1 Å². The van der Waals surface area contributed by atoms with Gasteiger partial charge in [-0.3, -0.25) is 4.79 Å². The van der Waals surface area contributed by atoms with Gasteiger partial charge in [0.2, 0.25) is 5.91 Å². The zero-order chi connectivity index (χ0) is 15.2. The van der Waals surface area contributed by atoms with E-state index >= 15 is 0 Å². The van der Waals surface area contributed by atoms with Crippen molar-refractivity contribution in [1.82, 2.24) is 0 Å². The molecule has 1 fully saturated rings. The molecular formula is C16H21NO4. The van der Waals surface area contributed by atoms with Crippen LogP contribution >= 0.6 is 0 Å². The molecule has 0 unspecified atom stereocenters. The van der Waals surface area contributed by atoms with E-state index in [-0.39, 0.29) is 5.91 Å². The highest BCUT2D eigenvalue weighted by atomic mass is 16.5. The Morgan fingerprint density at radius 1 is 1.24 bits per heavy atom. The average molecular weight is 291 g/mol. The fourth-order valence-corrected chi connectivity index (χ4v) is 2.72. The maximum absolute atomic E-state index is 12.1. The minimum Gasteiger partial charge on any atom is -0.497 e. The fraction of sp³-hybridized carbons (Fsp3) is 0.500. The highest BCUT2D eigenvalue weighted by molar-refractivity contribution is 6.01. The molecule has 0 radical (unpaired) electrons. The van der Waals surface area contributed by atoms with Crippen LogP contribution in [0.4, 0.5) is 5.69 Å². The Morgan fingerprint density at radius 2 is 1.95 bits per heavy atom. The summed E-state index contributed by atoms with van der Waals surface area (Å²) in [5.74, 6) is 0.455. The maximum Gasteiger partial charge on any atom is 0.340 e. The predicted octanol–water partition coefficient (Wildman–Crippen LogP) is 3.00. The van der Waals surface area contributed by atoms with E-state index in [9.17, 15) is 9.59 Å². The van der Waals surface area contributed by atoms with E-state index in [1.54, 1.807) is 18.2 Å². The predicted molar refractivity (Wildman–Crippen MR) is 79.5 cm³/mol. The first-order valence-electron chi connectivity index (χ1n) is 7.20. The summed E-state index contributed by atoms with van der Waals surface area (Å²) in [5, 5.41) is 2.81. The van der Waals surface area contributed by atoms with Gasteiger partial charge in [-0.15, -0.1) is 0 Å². The molecule has 5 heteroatoms. The van der Waals surface area contributed by atoms with E-state index in [1.165, 1.54) is 27.1 Å². The molecule has 1 aliphatic rings. The summed E-state index contributed by atoms with van der Waals surface area (Å²) >= 11 is 0. The largest absolute Gasteiger partial charge is 0.497 e. The van der Waals surface area contributed by atoms with Gasteiger partial charge < -0.3 is 14.8 Å². The third-order valence-corrected chi connectivity index (χ3v) is 3.85. The Hall–Kier alpha value is -2.04. The van der Waals surface area contributed by atoms with Crippen LogP contribution in [0.2, 0.25) is 0 Å².